The third-order valence-electron chi connectivity index (χ3n) is 4.00. The zero-order valence-corrected chi connectivity index (χ0v) is 14.0. The van der Waals surface area contributed by atoms with Gasteiger partial charge in [-0.2, -0.15) is 0 Å². The fraction of sp³-hybridized carbons (Fsp3) is 0.100. The molecule has 0 saturated heterocycles. The minimum Gasteiger partial charge on any atom is -0.508 e. The maximum atomic E-state index is 9.44. The first-order valence-electron chi connectivity index (χ1n) is 7.97. The number of nitrogens with zero attached hydrogens (tertiary/aromatic N) is 2. The van der Waals surface area contributed by atoms with Gasteiger partial charge in [0.05, 0.1) is 5.39 Å². The van der Waals surface area contributed by atoms with Crippen molar-refractivity contribution in [1.29, 1.82) is 0 Å². The van der Waals surface area contributed by atoms with Crippen LogP contribution in [0.25, 0.3) is 22.3 Å². The van der Waals surface area contributed by atoms with Crippen LogP contribution in [0, 0.1) is 0 Å². The minimum absolute atomic E-state index is 0.0284. The number of aromatic amines is 1. The Balaban J connectivity index is 1.97. The predicted molar refractivity (Wildman–Crippen MR) is 103 cm³/mol. The molecular weight excluding hydrogens is 312 g/mol. The second-order valence-electron chi connectivity index (χ2n) is 5.69. The number of allylic oxidation sites excluding steroid dienone is 2. The van der Waals surface area contributed by atoms with Crippen LogP contribution in [-0.4, -0.2) is 26.1 Å². The standard InChI is InChI=1S/C20H20N4O/c1-4-6-14(5-2)13(3)23-19-17-11-18(24-20(17)22-12-21-19)15-7-9-16(25)10-8-15/h4-13,25H,1-2H2,3H3,(H2,21,22,23,24)/b14-6+/t13-/m1/s1. The number of aromatic hydroxyl groups is 1. The molecule has 0 fully saturated rings. The van der Waals surface area contributed by atoms with E-state index in [0.29, 0.717) is 0 Å². The summed E-state index contributed by atoms with van der Waals surface area (Å²) in [6.07, 6.45) is 6.99. The summed E-state index contributed by atoms with van der Waals surface area (Å²) in [6, 6.07) is 9.05. The van der Waals surface area contributed by atoms with Gasteiger partial charge in [0.15, 0.2) is 0 Å². The second kappa shape index (κ2) is 7.05. The predicted octanol–water partition coefficient (Wildman–Crippen LogP) is 4.43. The summed E-state index contributed by atoms with van der Waals surface area (Å²) in [7, 11) is 0. The molecule has 0 saturated carbocycles. The minimum atomic E-state index is 0.0284. The topological polar surface area (TPSA) is 73.8 Å². The molecule has 3 N–H and O–H groups in total. The molecule has 0 aliphatic heterocycles. The highest BCUT2D eigenvalue weighted by atomic mass is 16.3. The molecule has 1 aromatic carbocycles. The molecule has 126 valence electrons. The first-order valence-corrected chi connectivity index (χ1v) is 7.97. The van der Waals surface area contributed by atoms with Gasteiger partial charge in [0.1, 0.15) is 23.5 Å². The average Bonchev–Trinajstić information content (AvgIpc) is 3.05. The molecule has 1 atom stereocenters. The second-order valence-corrected chi connectivity index (χ2v) is 5.69. The Morgan fingerprint density at radius 1 is 1.24 bits per heavy atom. The van der Waals surface area contributed by atoms with Crippen molar-refractivity contribution in [2.24, 2.45) is 0 Å². The van der Waals surface area contributed by atoms with Gasteiger partial charge in [-0.25, -0.2) is 9.97 Å². The lowest BCUT2D eigenvalue weighted by Crippen LogP contribution is -2.18. The Bertz CT molecular complexity index is 938. The Labute approximate surface area is 146 Å². The number of anilines is 1. The largest absolute Gasteiger partial charge is 0.508 e. The van der Waals surface area contributed by atoms with Crippen molar-refractivity contribution in [3.8, 4) is 17.0 Å². The van der Waals surface area contributed by atoms with Crippen LogP contribution < -0.4 is 5.32 Å². The highest BCUT2D eigenvalue weighted by Gasteiger charge is 2.12. The molecule has 3 rings (SSSR count). The molecule has 0 amide bonds. The van der Waals surface area contributed by atoms with Gasteiger partial charge in [-0.3, -0.25) is 0 Å². The summed E-state index contributed by atoms with van der Waals surface area (Å²) in [5, 5.41) is 13.7. The van der Waals surface area contributed by atoms with Crippen LogP contribution in [0.15, 0.2) is 73.6 Å². The lowest BCUT2D eigenvalue weighted by molar-refractivity contribution is 0.475. The SMILES string of the molecule is C=C/C=C(\C=C)[C@@H](C)Nc1ncnc2[nH]c(-c3ccc(O)cc3)cc12. The molecule has 5 nitrogen and oxygen atoms in total. The van der Waals surface area contributed by atoms with Crippen LogP contribution >= 0.6 is 0 Å². The summed E-state index contributed by atoms with van der Waals surface area (Å²) in [5.41, 5.74) is 3.65. The Morgan fingerprint density at radius 3 is 2.68 bits per heavy atom. The number of benzene rings is 1. The van der Waals surface area contributed by atoms with Gasteiger partial charge in [-0.15, -0.1) is 0 Å². The quantitative estimate of drug-likeness (QED) is 0.584. The van der Waals surface area contributed by atoms with Gasteiger partial charge in [0.25, 0.3) is 0 Å². The fourth-order valence-electron chi connectivity index (χ4n) is 2.67. The number of rotatable bonds is 6. The third-order valence-corrected chi connectivity index (χ3v) is 4.00. The van der Waals surface area contributed by atoms with Crippen molar-refractivity contribution in [2.45, 2.75) is 13.0 Å². The first-order chi connectivity index (χ1) is 12.1. The zero-order chi connectivity index (χ0) is 17.8. The number of phenolic OH excluding ortho intramolecular Hbond substituents is 1. The summed E-state index contributed by atoms with van der Waals surface area (Å²) in [4.78, 5) is 12.0. The van der Waals surface area contributed by atoms with E-state index in [4.69, 9.17) is 0 Å². The van der Waals surface area contributed by atoms with E-state index in [1.54, 1.807) is 24.3 Å². The lowest BCUT2D eigenvalue weighted by atomic mass is 10.1. The number of fused-ring (bicyclic) bond motifs is 1. The Hall–Kier alpha value is -3.34. The fourth-order valence-corrected chi connectivity index (χ4v) is 2.67. The van der Waals surface area contributed by atoms with E-state index in [1.807, 2.05) is 31.2 Å². The number of H-pyrrole nitrogens is 1. The molecular formula is C20H20N4O. The highest BCUT2D eigenvalue weighted by Crippen LogP contribution is 2.28. The molecule has 0 unspecified atom stereocenters. The van der Waals surface area contributed by atoms with Gasteiger partial charge in [0, 0.05) is 11.7 Å². The lowest BCUT2D eigenvalue weighted by Gasteiger charge is -2.15. The summed E-state index contributed by atoms with van der Waals surface area (Å²) < 4.78 is 0. The molecule has 5 heteroatoms. The highest BCUT2D eigenvalue weighted by molar-refractivity contribution is 5.91. The van der Waals surface area contributed by atoms with Crippen LogP contribution in [0.2, 0.25) is 0 Å². The van der Waals surface area contributed by atoms with E-state index in [2.05, 4.69) is 33.4 Å². The van der Waals surface area contributed by atoms with Crippen LogP contribution in [0.3, 0.4) is 0 Å². The van der Waals surface area contributed by atoms with Crippen LogP contribution in [0.5, 0.6) is 5.75 Å². The smallest absolute Gasteiger partial charge is 0.143 e. The monoisotopic (exact) mass is 332 g/mol. The maximum Gasteiger partial charge on any atom is 0.143 e. The van der Waals surface area contributed by atoms with Crippen molar-refractivity contribution >= 4 is 16.9 Å². The number of aromatic nitrogens is 3. The van der Waals surface area contributed by atoms with Crippen LogP contribution in [-0.2, 0) is 0 Å². The molecule has 0 aliphatic carbocycles. The van der Waals surface area contributed by atoms with Gasteiger partial charge in [-0.1, -0.05) is 31.4 Å². The molecule has 0 spiro atoms. The molecule has 3 aromatic rings. The number of hydrogen-bond donors (Lipinski definition) is 3. The van der Waals surface area contributed by atoms with E-state index < -0.39 is 0 Å². The maximum absolute atomic E-state index is 9.44. The van der Waals surface area contributed by atoms with Crippen molar-refractivity contribution in [3.63, 3.8) is 0 Å². The molecule has 25 heavy (non-hydrogen) atoms. The summed E-state index contributed by atoms with van der Waals surface area (Å²) >= 11 is 0. The number of nitrogens with one attached hydrogen (secondary N) is 2. The van der Waals surface area contributed by atoms with Crippen molar-refractivity contribution in [3.05, 3.63) is 73.6 Å². The van der Waals surface area contributed by atoms with E-state index in [9.17, 15) is 5.11 Å². The average molecular weight is 332 g/mol. The Kier molecular flexibility index (Phi) is 4.66. The van der Waals surface area contributed by atoms with Crippen molar-refractivity contribution < 1.29 is 5.11 Å². The number of hydrogen-bond acceptors (Lipinski definition) is 4. The number of phenols is 1. The van der Waals surface area contributed by atoms with Crippen LogP contribution in [0.4, 0.5) is 5.82 Å². The van der Waals surface area contributed by atoms with Gasteiger partial charge < -0.3 is 15.4 Å². The first kappa shape index (κ1) is 16.5. The van der Waals surface area contributed by atoms with Gasteiger partial charge >= 0.3 is 0 Å². The van der Waals surface area contributed by atoms with Crippen molar-refractivity contribution in [2.75, 3.05) is 5.32 Å². The van der Waals surface area contributed by atoms with Gasteiger partial charge in [-0.05, 0) is 48.4 Å². The molecule has 0 radical (unpaired) electrons. The summed E-state index contributed by atoms with van der Waals surface area (Å²) in [5.74, 6) is 0.984. The molecule has 2 aromatic heterocycles. The Morgan fingerprint density at radius 2 is 2.00 bits per heavy atom. The molecule has 0 aliphatic rings. The van der Waals surface area contributed by atoms with Crippen LogP contribution in [0.1, 0.15) is 6.92 Å². The van der Waals surface area contributed by atoms with Gasteiger partial charge in [0.2, 0.25) is 0 Å². The van der Waals surface area contributed by atoms with E-state index >= 15 is 0 Å². The normalized spacial score (nSPS) is 12.8. The van der Waals surface area contributed by atoms with Crippen molar-refractivity contribution in [1.82, 2.24) is 15.0 Å². The van der Waals surface area contributed by atoms with E-state index in [0.717, 1.165) is 33.7 Å². The zero-order valence-electron chi connectivity index (χ0n) is 14.0. The third kappa shape index (κ3) is 3.45. The molecule has 0 bridgehead atoms. The summed E-state index contributed by atoms with van der Waals surface area (Å²) in [6.45, 7) is 9.61. The van der Waals surface area contributed by atoms with E-state index in [-0.39, 0.29) is 11.8 Å². The van der Waals surface area contributed by atoms with E-state index in [1.165, 1.54) is 6.33 Å². The molecule has 2 heterocycles.